The van der Waals surface area contributed by atoms with Gasteiger partial charge in [0.1, 0.15) is 0 Å². The van der Waals surface area contributed by atoms with Crippen LogP contribution in [0.3, 0.4) is 0 Å². The van der Waals surface area contributed by atoms with Crippen molar-refractivity contribution in [3.8, 4) is 11.1 Å². The van der Waals surface area contributed by atoms with Gasteiger partial charge in [-0.3, -0.25) is 4.79 Å². The number of halogens is 1. The second-order valence-electron chi connectivity index (χ2n) is 5.51. The molecule has 0 saturated carbocycles. The second kappa shape index (κ2) is 6.13. The largest absolute Gasteiger partial charge is 0.481 e. The molecular formula is C17H17FN2O2. The van der Waals surface area contributed by atoms with E-state index in [9.17, 15) is 14.3 Å². The number of rotatable bonds is 3. The van der Waals surface area contributed by atoms with E-state index in [2.05, 4.69) is 9.88 Å². The molecule has 0 radical (unpaired) electrons. The number of aliphatic carboxylic acids is 1. The zero-order valence-electron chi connectivity index (χ0n) is 12.1. The third-order valence-electron chi connectivity index (χ3n) is 4.05. The lowest BCUT2D eigenvalue weighted by Crippen LogP contribution is -2.38. The van der Waals surface area contributed by atoms with Crippen LogP contribution in [0.5, 0.6) is 0 Å². The maximum Gasteiger partial charge on any atom is 0.308 e. The minimum Gasteiger partial charge on any atom is -0.481 e. The lowest BCUT2D eigenvalue weighted by atomic mass is 9.96. The van der Waals surface area contributed by atoms with Crippen molar-refractivity contribution in [2.24, 2.45) is 5.92 Å². The fourth-order valence-electron chi connectivity index (χ4n) is 2.96. The van der Waals surface area contributed by atoms with Crippen molar-refractivity contribution < 1.29 is 14.3 Å². The van der Waals surface area contributed by atoms with E-state index in [1.165, 1.54) is 12.3 Å². The fourth-order valence-corrected chi connectivity index (χ4v) is 2.96. The Labute approximate surface area is 128 Å². The van der Waals surface area contributed by atoms with Crippen molar-refractivity contribution >= 4 is 11.7 Å². The highest BCUT2D eigenvalue weighted by Crippen LogP contribution is 2.33. The van der Waals surface area contributed by atoms with Crippen LogP contribution in [0.2, 0.25) is 0 Å². The van der Waals surface area contributed by atoms with E-state index in [4.69, 9.17) is 0 Å². The minimum atomic E-state index is -0.753. The highest BCUT2D eigenvalue weighted by Gasteiger charge is 2.26. The quantitative estimate of drug-likeness (QED) is 0.885. The Hall–Kier alpha value is -2.43. The lowest BCUT2D eigenvalue weighted by molar-refractivity contribution is -0.141. The smallest absolute Gasteiger partial charge is 0.308 e. The molecule has 1 aromatic carbocycles. The first-order chi connectivity index (χ1) is 10.6. The third-order valence-corrected chi connectivity index (χ3v) is 4.05. The first-order valence-corrected chi connectivity index (χ1v) is 7.34. The zero-order valence-corrected chi connectivity index (χ0v) is 12.1. The van der Waals surface area contributed by atoms with Gasteiger partial charge in [-0.25, -0.2) is 4.98 Å². The lowest BCUT2D eigenvalue weighted by Gasteiger charge is -2.34. The van der Waals surface area contributed by atoms with Gasteiger partial charge in [-0.05, 0) is 30.5 Å². The maximum absolute atomic E-state index is 13.4. The van der Waals surface area contributed by atoms with Gasteiger partial charge in [0.15, 0.2) is 0 Å². The third kappa shape index (κ3) is 2.93. The molecule has 2 heterocycles. The summed E-state index contributed by atoms with van der Waals surface area (Å²) in [5.41, 5.74) is 2.59. The molecule has 22 heavy (non-hydrogen) atoms. The predicted octanol–water partition coefficient (Wildman–Crippen LogP) is 3.19. The molecule has 1 aliphatic rings. The van der Waals surface area contributed by atoms with Crippen molar-refractivity contribution in [2.75, 3.05) is 18.0 Å². The summed E-state index contributed by atoms with van der Waals surface area (Å²) in [6.07, 6.45) is 2.99. The SMILES string of the molecule is O=C(O)[C@H]1CCCN(c2ccccc2-c2ccnc(F)c2)C1. The van der Waals surface area contributed by atoms with Crippen LogP contribution in [0, 0.1) is 11.9 Å². The first-order valence-electron chi connectivity index (χ1n) is 7.34. The Morgan fingerprint density at radius 1 is 1.32 bits per heavy atom. The van der Waals surface area contributed by atoms with E-state index >= 15 is 0 Å². The summed E-state index contributed by atoms with van der Waals surface area (Å²) in [6.45, 7) is 1.30. The number of hydrogen-bond acceptors (Lipinski definition) is 3. The fraction of sp³-hybridized carbons (Fsp3) is 0.294. The van der Waals surface area contributed by atoms with Gasteiger partial charge in [-0.15, -0.1) is 0 Å². The van der Waals surface area contributed by atoms with E-state index in [1.54, 1.807) is 6.07 Å². The first kappa shape index (κ1) is 14.5. The van der Waals surface area contributed by atoms with Crippen molar-refractivity contribution in [3.63, 3.8) is 0 Å². The molecular weight excluding hydrogens is 283 g/mol. The topological polar surface area (TPSA) is 53.4 Å². The van der Waals surface area contributed by atoms with Gasteiger partial charge in [0, 0.05) is 36.6 Å². The molecule has 1 saturated heterocycles. The van der Waals surface area contributed by atoms with Crippen molar-refractivity contribution in [1.82, 2.24) is 4.98 Å². The number of carbonyl (C=O) groups is 1. The minimum absolute atomic E-state index is 0.351. The molecule has 0 bridgehead atoms. The van der Waals surface area contributed by atoms with Crippen molar-refractivity contribution in [1.29, 1.82) is 0 Å². The number of carboxylic acid groups (broad SMARTS) is 1. The Balaban J connectivity index is 1.96. The number of hydrogen-bond donors (Lipinski definition) is 1. The summed E-state index contributed by atoms with van der Waals surface area (Å²) >= 11 is 0. The molecule has 4 nitrogen and oxygen atoms in total. The van der Waals surface area contributed by atoms with Gasteiger partial charge in [0.05, 0.1) is 5.92 Å². The molecule has 2 aromatic rings. The van der Waals surface area contributed by atoms with Crippen LogP contribution in [0.25, 0.3) is 11.1 Å². The van der Waals surface area contributed by atoms with Crippen LogP contribution < -0.4 is 4.90 Å². The van der Waals surface area contributed by atoms with Gasteiger partial charge in [0.25, 0.3) is 0 Å². The van der Waals surface area contributed by atoms with E-state index < -0.39 is 11.9 Å². The Morgan fingerprint density at radius 3 is 2.91 bits per heavy atom. The number of carboxylic acids is 1. The van der Waals surface area contributed by atoms with Gasteiger partial charge in [-0.2, -0.15) is 4.39 Å². The summed E-state index contributed by atoms with van der Waals surface area (Å²) < 4.78 is 13.4. The molecule has 1 aromatic heterocycles. The molecule has 3 rings (SSSR count). The number of nitrogens with zero attached hydrogens (tertiary/aromatic N) is 2. The molecule has 1 atom stereocenters. The average molecular weight is 300 g/mol. The zero-order chi connectivity index (χ0) is 15.5. The standard InChI is InChI=1S/C17H17FN2O2/c18-16-10-12(7-8-19-16)14-5-1-2-6-15(14)20-9-3-4-13(11-20)17(21)22/h1-2,5-8,10,13H,3-4,9,11H2,(H,21,22)/t13-/m0/s1. The summed E-state index contributed by atoms with van der Waals surface area (Å²) in [5.74, 6) is -1.62. The van der Waals surface area contributed by atoms with E-state index in [-0.39, 0.29) is 5.92 Å². The number of aromatic nitrogens is 1. The number of benzene rings is 1. The number of para-hydroxylation sites is 1. The predicted molar refractivity (Wildman–Crippen MR) is 82.2 cm³/mol. The second-order valence-corrected chi connectivity index (χ2v) is 5.51. The molecule has 5 heteroatoms. The number of anilines is 1. The van der Waals surface area contributed by atoms with Crippen LogP contribution in [-0.4, -0.2) is 29.1 Å². The molecule has 0 unspecified atom stereocenters. The summed E-state index contributed by atoms with van der Waals surface area (Å²) in [5, 5.41) is 9.24. The highest BCUT2D eigenvalue weighted by molar-refractivity contribution is 5.79. The monoisotopic (exact) mass is 300 g/mol. The maximum atomic E-state index is 13.4. The average Bonchev–Trinajstić information content (AvgIpc) is 2.55. The Morgan fingerprint density at radius 2 is 2.14 bits per heavy atom. The molecule has 1 fully saturated rings. The summed E-state index contributed by atoms with van der Waals surface area (Å²) in [6, 6.07) is 10.9. The van der Waals surface area contributed by atoms with Crippen molar-refractivity contribution in [3.05, 3.63) is 48.5 Å². The van der Waals surface area contributed by atoms with Gasteiger partial charge in [-0.1, -0.05) is 18.2 Å². The van der Waals surface area contributed by atoms with Crippen LogP contribution in [0.1, 0.15) is 12.8 Å². The van der Waals surface area contributed by atoms with Crippen LogP contribution in [0.4, 0.5) is 10.1 Å². The van der Waals surface area contributed by atoms with Gasteiger partial charge in [0.2, 0.25) is 5.95 Å². The van der Waals surface area contributed by atoms with Crippen LogP contribution in [0.15, 0.2) is 42.6 Å². The van der Waals surface area contributed by atoms with E-state index in [1.807, 2.05) is 24.3 Å². The van der Waals surface area contributed by atoms with E-state index in [0.29, 0.717) is 13.0 Å². The molecule has 0 amide bonds. The summed E-state index contributed by atoms with van der Waals surface area (Å²) in [4.78, 5) is 16.9. The molecule has 114 valence electrons. The van der Waals surface area contributed by atoms with Gasteiger partial charge < -0.3 is 10.0 Å². The van der Waals surface area contributed by atoms with Gasteiger partial charge >= 0.3 is 5.97 Å². The molecule has 0 aliphatic carbocycles. The molecule has 1 N–H and O–H groups in total. The molecule has 0 spiro atoms. The normalized spacial score (nSPS) is 18.2. The van der Waals surface area contributed by atoms with Crippen molar-refractivity contribution in [2.45, 2.75) is 12.8 Å². The Bertz CT molecular complexity index is 690. The van der Waals surface area contributed by atoms with Crippen LogP contribution in [-0.2, 0) is 4.79 Å². The molecule has 1 aliphatic heterocycles. The number of piperidine rings is 1. The number of pyridine rings is 1. The van der Waals surface area contributed by atoms with E-state index in [0.717, 1.165) is 29.8 Å². The Kier molecular flexibility index (Phi) is 4.04. The van der Waals surface area contributed by atoms with Crippen LogP contribution >= 0.6 is 0 Å². The highest BCUT2D eigenvalue weighted by atomic mass is 19.1. The summed E-state index contributed by atoms with van der Waals surface area (Å²) in [7, 11) is 0.